The van der Waals surface area contributed by atoms with E-state index in [1.807, 2.05) is 38.1 Å². The molecule has 0 aliphatic carbocycles. The fourth-order valence-electron chi connectivity index (χ4n) is 2.68. The van der Waals surface area contributed by atoms with Crippen LogP contribution in [0.5, 0.6) is 17.2 Å². The van der Waals surface area contributed by atoms with Crippen molar-refractivity contribution >= 4 is 23.3 Å². The highest BCUT2D eigenvalue weighted by Gasteiger charge is 2.14. The number of thiazole rings is 1. The zero-order valence-corrected chi connectivity index (χ0v) is 16.9. The van der Waals surface area contributed by atoms with E-state index >= 15 is 0 Å². The standard InChI is InChI=1S/C21H21N3O3S/c1-13-20(28-21(23-13)16-7-5-6-8-18(16)26-3)14(2)24-22-12-15-9-10-19(27-4)17(25)11-15/h5-12,25H,1-4H3/b22-12+,24-14+. The summed E-state index contributed by atoms with van der Waals surface area (Å²) in [6.45, 7) is 3.85. The quantitative estimate of drug-likeness (QED) is 0.485. The van der Waals surface area contributed by atoms with Gasteiger partial charge in [0.25, 0.3) is 0 Å². The van der Waals surface area contributed by atoms with Gasteiger partial charge < -0.3 is 14.6 Å². The summed E-state index contributed by atoms with van der Waals surface area (Å²) in [6, 6.07) is 12.9. The molecular weight excluding hydrogens is 374 g/mol. The molecule has 28 heavy (non-hydrogen) atoms. The van der Waals surface area contributed by atoms with Gasteiger partial charge in [0.05, 0.1) is 42.3 Å². The van der Waals surface area contributed by atoms with Gasteiger partial charge in [-0.15, -0.1) is 11.3 Å². The van der Waals surface area contributed by atoms with E-state index in [1.165, 1.54) is 7.11 Å². The van der Waals surface area contributed by atoms with Crippen molar-refractivity contribution in [1.29, 1.82) is 0 Å². The monoisotopic (exact) mass is 395 g/mol. The molecule has 0 saturated heterocycles. The van der Waals surface area contributed by atoms with Crippen LogP contribution in [0.2, 0.25) is 0 Å². The van der Waals surface area contributed by atoms with Crippen molar-refractivity contribution in [2.24, 2.45) is 10.2 Å². The maximum Gasteiger partial charge on any atom is 0.160 e. The van der Waals surface area contributed by atoms with E-state index in [4.69, 9.17) is 9.47 Å². The van der Waals surface area contributed by atoms with Gasteiger partial charge in [-0.1, -0.05) is 12.1 Å². The number of hydrogen-bond acceptors (Lipinski definition) is 7. The number of aromatic hydroxyl groups is 1. The third kappa shape index (κ3) is 4.20. The van der Waals surface area contributed by atoms with Crippen LogP contribution in [-0.4, -0.2) is 36.2 Å². The number of ether oxygens (including phenoxy) is 2. The lowest BCUT2D eigenvalue weighted by molar-refractivity contribution is 0.373. The summed E-state index contributed by atoms with van der Waals surface area (Å²) in [5.41, 5.74) is 3.34. The fourth-order valence-corrected chi connectivity index (χ4v) is 3.72. The number of hydrogen-bond donors (Lipinski definition) is 1. The first-order chi connectivity index (χ1) is 13.5. The number of para-hydroxylation sites is 1. The van der Waals surface area contributed by atoms with Gasteiger partial charge in [-0.25, -0.2) is 4.98 Å². The second kappa shape index (κ2) is 8.67. The first-order valence-electron chi connectivity index (χ1n) is 8.59. The molecule has 3 rings (SSSR count). The van der Waals surface area contributed by atoms with Gasteiger partial charge in [0.1, 0.15) is 10.8 Å². The summed E-state index contributed by atoms with van der Waals surface area (Å²) in [7, 11) is 3.16. The van der Waals surface area contributed by atoms with E-state index in [2.05, 4.69) is 15.2 Å². The van der Waals surface area contributed by atoms with E-state index in [-0.39, 0.29) is 5.75 Å². The number of aromatic nitrogens is 1. The molecule has 0 amide bonds. The van der Waals surface area contributed by atoms with E-state index in [0.29, 0.717) is 5.75 Å². The predicted molar refractivity (Wildman–Crippen MR) is 113 cm³/mol. The average Bonchev–Trinajstić information content (AvgIpc) is 3.09. The third-order valence-corrected chi connectivity index (χ3v) is 5.38. The lowest BCUT2D eigenvalue weighted by atomic mass is 10.2. The molecule has 0 atom stereocenters. The van der Waals surface area contributed by atoms with Crippen LogP contribution in [0.3, 0.4) is 0 Å². The number of aryl methyl sites for hydroxylation is 1. The Kier molecular flexibility index (Phi) is 6.06. The summed E-state index contributed by atoms with van der Waals surface area (Å²) >= 11 is 1.55. The molecule has 0 radical (unpaired) electrons. The second-order valence-electron chi connectivity index (χ2n) is 6.00. The molecule has 0 unspecified atom stereocenters. The molecule has 7 heteroatoms. The lowest BCUT2D eigenvalue weighted by Gasteiger charge is -2.04. The molecule has 0 aliphatic heterocycles. The van der Waals surface area contributed by atoms with Crippen molar-refractivity contribution in [1.82, 2.24) is 4.98 Å². The molecular formula is C21H21N3O3S. The maximum atomic E-state index is 9.83. The lowest BCUT2D eigenvalue weighted by Crippen LogP contribution is -1.93. The first-order valence-corrected chi connectivity index (χ1v) is 9.41. The number of phenolic OH excluding ortho intramolecular Hbond substituents is 1. The molecule has 3 aromatic rings. The zero-order chi connectivity index (χ0) is 20.1. The van der Waals surface area contributed by atoms with Crippen LogP contribution >= 0.6 is 11.3 Å². The molecule has 2 aromatic carbocycles. The highest BCUT2D eigenvalue weighted by Crippen LogP contribution is 2.34. The maximum absolute atomic E-state index is 9.83. The molecule has 0 fully saturated rings. The van der Waals surface area contributed by atoms with Crippen LogP contribution in [0.25, 0.3) is 10.6 Å². The topological polar surface area (TPSA) is 76.3 Å². The minimum absolute atomic E-state index is 0.0619. The summed E-state index contributed by atoms with van der Waals surface area (Å²) in [5, 5.41) is 19.1. The molecule has 144 valence electrons. The Morgan fingerprint density at radius 1 is 1.11 bits per heavy atom. The van der Waals surface area contributed by atoms with E-state index in [1.54, 1.807) is 42.9 Å². The summed E-state index contributed by atoms with van der Waals surface area (Å²) in [5.74, 6) is 1.27. The van der Waals surface area contributed by atoms with Crippen LogP contribution in [0.15, 0.2) is 52.7 Å². The van der Waals surface area contributed by atoms with Crippen LogP contribution in [0.1, 0.15) is 23.1 Å². The van der Waals surface area contributed by atoms with Crippen LogP contribution in [-0.2, 0) is 0 Å². The number of methoxy groups -OCH3 is 2. The Labute approximate surface area is 167 Å². The highest BCUT2D eigenvalue weighted by molar-refractivity contribution is 7.17. The molecule has 0 saturated carbocycles. The first kappa shape index (κ1) is 19.6. The Morgan fingerprint density at radius 2 is 1.86 bits per heavy atom. The molecule has 0 aliphatic rings. The summed E-state index contributed by atoms with van der Waals surface area (Å²) < 4.78 is 10.5. The summed E-state index contributed by atoms with van der Waals surface area (Å²) in [4.78, 5) is 5.63. The second-order valence-corrected chi connectivity index (χ2v) is 6.99. The van der Waals surface area contributed by atoms with Crippen molar-refractivity contribution in [3.63, 3.8) is 0 Å². The van der Waals surface area contributed by atoms with Gasteiger partial charge in [0, 0.05) is 0 Å². The van der Waals surface area contributed by atoms with Crippen LogP contribution < -0.4 is 9.47 Å². The minimum Gasteiger partial charge on any atom is -0.504 e. The zero-order valence-electron chi connectivity index (χ0n) is 16.1. The number of nitrogens with zero attached hydrogens (tertiary/aromatic N) is 3. The minimum atomic E-state index is 0.0619. The Bertz CT molecular complexity index is 1040. The Balaban J connectivity index is 1.83. The predicted octanol–water partition coefficient (Wildman–Crippen LogP) is 4.68. The van der Waals surface area contributed by atoms with E-state index in [9.17, 15) is 5.11 Å². The smallest absolute Gasteiger partial charge is 0.160 e. The molecule has 0 spiro atoms. The molecule has 6 nitrogen and oxygen atoms in total. The molecule has 0 bridgehead atoms. The van der Waals surface area contributed by atoms with Crippen molar-refractivity contribution in [3.8, 4) is 27.8 Å². The van der Waals surface area contributed by atoms with Gasteiger partial charge in [-0.05, 0) is 49.7 Å². The Hall–Kier alpha value is -3.19. The van der Waals surface area contributed by atoms with Gasteiger partial charge in [-0.3, -0.25) is 0 Å². The van der Waals surface area contributed by atoms with Crippen molar-refractivity contribution in [3.05, 3.63) is 58.6 Å². The van der Waals surface area contributed by atoms with Gasteiger partial charge >= 0.3 is 0 Å². The van der Waals surface area contributed by atoms with Gasteiger partial charge in [0.15, 0.2) is 11.5 Å². The molecule has 1 heterocycles. The van der Waals surface area contributed by atoms with Crippen molar-refractivity contribution in [2.75, 3.05) is 14.2 Å². The van der Waals surface area contributed by atoms with E-state index in [0.717, 1.165) is 38.2 Å². The fraction of sp³-hybridized carbons (Fsp3) is 0.190. The molecule has 1 N–H and O–H groups in total. The van der Waals surface area contributed by atoms with Crippen molar-refractivity contribution < 1.29 is 14.6 Å². The van der Waals surface area contributed by atoms with Crippen LogP contribution in [0, 0.1) is 6.92 Å². The number of rotatable bonds is 6. The normalized spacial score (nSPS) is 11.8. The van der Waals surface area contributed by atoms with Gasteiger partial charge in [-0.2, -0.15) is 10.2 Å². The largest absolute Gasteiger partial charge is 0.504 e. The average molecular weight is 395 g/mol. The number of phenols is 1. The van der Waals surface area contributed by atoms with E-state index < -0.39 is 0 Å². The van der Waals surface area contributed by atoms with Crippen LogP contribution in [0.4, 0.5) is 0 Å². The third-order valence-electron chi connectivity index (χ3n) is 4.08. The highest BCUT2D eigenvalue weighted by atomic mass is 32.1. The molecule has 1 aromatic heterocycles. The van der Waals surface area contributed by atoms with Crippen molar-refractivity contribution in [2.45, 2.75) is 13.8 Å². The summed E-state index contributed by atoms with van der Waals surface area (Å²) in [6.07, 6.45) is 1.58. The SMILES string of the molecule is COc1ccc(/C=N/N=C(\C)c2sc(-c3ccccc3OC)nc2C)cc1O. The number of benzene rings is 2. The van der Waals surface area contributed by atoms with Gasteiger partial charge in [0.2, 0.25) is 0 Å². The Morgan fingerprint density at radius 3 is 2.57 bits per heavy atom.